The summed E-state index contributed by atoms with van der Waals surface area (Å²) in [7, 11) is 0. The number of carbonyl (C=O) groups excluding carboxylic acids is 3. The van der Waals surface area contributed by atoms with Crippen LogP contribution in [0.4, 0.5) is 15.6 Å². The van der Waals surface area contributed by atoms with Crippen molar-refractivity contribution in [3.63, 3.8) is 0 Å². The highest BCUT2D eigenvalue weighted by molar-refractivity contribution is 9.09. The smallest absolute Gasteiger partial charge is 0.325 e. The Morgan fingerprint density at radius 2 is 2.00 bits per heavy atom. The van der Waals surface area contributed by atoms with E-state index in [-0.39, 0.29) is 17.7 Å². The van der Waals surface area contributed by atoms with Gasteiger partial charge in [-0.3, -0.25) is 14.9 Å². The average Bonchev–Trinajstić information content (AvgIpc) is 3.42. The van der Waals surface area contributed by atoms with Crippen molar-refractivity contribution in [2.75, 3.05) is 22.6 Å². The van der Waals surface area contributed by atoms with E-state index >= 15 is 0 Å². The Morgan fingerprint density at radius 1 is 1.26 bits per heavy atom. The summed E-state index contributed by atoms with van der Waals surface area (Å²) in [5, 5.41) is 7.92. The molecule has 1 atom stereocenters. The number of aromatic nitrogens is 1. The number of halogens is 1. The van der Waals surface area contributed by atoms with Crippen LogP contribution in [-0.2, 0) is 9.53 Å². The summed E-state index contributed by atoms with van der Waals surface area (Å²) in [6, 6.07) is 4.96. The molecule has 1 aromatic carbocycles. The Hall–Kier alpha value is -2.26. The fourth-order valence-electron chi connectivity index (χ4n) is 3.64. The van der Waals surface area contributed by atoms with Crippen LogP contribution in [0.25, 0.3) is 0 Å². The summed E-state index contributed by atoms with van der Waals surface area (Å²) in [5.41, 5.74) is 2.53. The van der Waals surface area contributed by atoms with E-state index in [4.69, 9.17) is 4.74 Å². The van der Waals surface area contributed by atoms with Crippen molar-refractivity contribution in [3.05, 3.63) is 40.4 Å². The number of Topliss-reactive ketones (excluding diaryl/α,β-unsaturated/α-hetero) is 1. The maximum Gasteiger partial charge on any atom is 0.325 e. The van der Waals surface area contributed by atoms with Gasteiger partial charge in [-0.05, 0) is 38.8 Å². The molecular formula is C22H26BrN3O4S. The minimum Gasteiger partial charge on any atom is -0.465 e. The molecule has 2 N–H and O–H groups in total. The SMILES string of the molecule is CCOC(=O)C(CBr)c1csc(NC(=O)Nc2ccc(C)cc2C(=O)C2CCCC2)n1. The zero-order valence-corrected chi connectivity index (χ0v) is 20.0. The fourth-order valence-corrected chi connectivity index (χ4v) is 4.99. The topological polar surface area (TPSA) is 97.4 Å². The Kier molecular flexibility index (Phi) is 8.20. The molecule has 0 aliphatic heterocycles. The van der Waals surface area contributed by atoms with E-state index in [2.05, 4.69) is 31.5 Å². The molecule has 1 heterocycles. The molecule has 3 rings (SSSR count). The number of carbonyl (C=O) groups is 3. The maximum absolute atomic E-state index is 13.0. The number of hydrogen-bond acceptors (Lipinski definition) is 6. The molecule has 1 saturated carbocycles. The van der Waals surface area contributed by atoms with Crippen LogP contribution in [0.5, 0.6) is 0 Å². The van der Waals surface area contributed by atoms with E-state index in [1.165, 1.54) is 11.3 Å². The lowest BCUT2D eigenvalue weighted by Crippen LogP contribution is -2.22. The lowest BCUT2D eigenvalue weighted by atomic mass is 9.94. The molecule has 1 fully saturated rings. The second-order valence-electron chi connectivity index (χ2n) is 7.51. The van der Waals surface area contributed by atoms with Crippen LogP contribution in [0.2, 0.25) is 0 Å². The van der Waals surface area contributed by atoms with Crippen LogP contribution < -0.4 is 10.6 Å². The number of nitrogens with one attached hydrogen (secondary N) is 2. The highest BCUT2D eigenvalue weighted by atomic mass is 79.9. The first-order valence-corrected chi connectivity index (χ1v) is 12.3. The van der Waals surface area contributed by atoms with Crippen LogP contribution in [0.15, 0.2) is 23.6 Å². The van der Waals surface area contributed by atoms with Gasteiger partial charge in [0, 0.05) is 22.2 Å². The van der Waals surface area contributed by atoms with Gasteiger partial charge in [0.1, 0.15) is 5.92 Å². The van der Waals surface area contributed by atoms with Gasteiger partial charge in [-0.15, -0.1) is 11.3 Å². The molecule has 1 aliphatic rings. The summed E-state index contributed by atoms with van der Waals surface area (Å²) in [6.07, 6.45) is 3.93. The summed E-state index contributed by atoms with van der Waals surface area (Å²) < 4.78 is 5.07. The van der Waals surface area contributed by atoms with E-state index in [0.29, 0.717) is 34.0 Å². The van der Waals surface area contributed by atoms with Crippen molar-refractivity contribution in [3.8, 4) is 0 Å². The van der Waals surface area contributed by atoms with Gasteiger partial charge in [0.2, 0.25) is 0 Å². The monoisotopic (exact) mass is 507 g/mol. The van der Waals surface area contributed by atoms with E-state index in [1.807, 2.05) is 19.1 Å². The molecular weight excluding hydrogens is 482 g/mol. The molecule has 0 saturated heterocycles. The van der Waals surface area contributed by atoms with E-state index in [1.54, 1.807) is 18.4 Å². The first kappa shape index (κ1) is 23.4. The number of thiazole rings is 1. The second-order valence-corrected chi connectivity index (χ2v) is 9.02. The maximum atomic E-state index is 13.0. The number of hydrogen-bond donors (Lipinski definition) is 2. The number of ether oxygens (including phenoxy) is 1. The van der Waals surface area contributed by atoms with Crippen molar-refractivity contribution in [2.24, 2.45) is 5.92 Å². The molecule has 1 aliphatic carbocycles. The second kappa shape index (κ2) is 10.9. The van der Waals surface area contributed by atoms with Gasteiger partial charge in [0.05, 0.1) is 18.0 Å². The van der Waals surface area contributed by atoms with E-state index < -0.39 is 11.9 Å². The molecule has 0 radical (unpaired) electrons. The Labute approximate surface area is 194 Å². The number of urea groups is 1. The number of nitrogens with zero attached hydrogens (tertiary/aromatic N) is 1. The molecule has 31 heavy (non-hydrogen) atoms. The Bertz CT molecular complexity index is 956. The Balaban J connectivity index is 1.70. The predicted octanol–water partition coefficient (Wildman–Crippen LogP) is 5.51. The lowest BCUT2D eigenvalue weighted by molar-refractivity contribution is -0.144. The standard InChI is InChI=1S/C22H26BrN3O4S/c1-3-30-20(28)16(11-23)18-12-31-22(25-18)26-21(29)24-17-9-8-13(2)10-15(17)19(27)14-6-4-5-7-14/h8-10,12,14,16H,3-7,11H2,1-2H3,(H2,24,25,26,29). The number of anilines is 2. The zero-order valence-electron chi connectivity index (χ0n) is 17.6. The normalized spacial score (nSPS) is 14.8. The molecule has 7 nitrogen and oxygen atoms in total. The van der Waals surface area contributed by atoms with Crippen molar-refractivity contribution in [1.82, 2.24) is 4.98 Å². The molecule has 0 bridgehead atoms. The minimum atomic E-state index is -0.539. The summed E-state index contributed by atoms with van der Waals surface area (Å²) in [6.45, 7) is 3.97. The molecule has 166 valence electrons. The van der Waals surface area contributed by atoms with Gasteiger partial charge in [0.15, 0.2) is 10.9 Å². The van der Waals surface area contributed by atoms with Crippen molar-refractivity contribution in [1.29, 1.82) is 0 Å². The highest BCUT2D eigenvalue weighted by Crippen LogP contribution is 2.31. The van der Waals surface area contributed by atoms with Gasteiger partial charge in [-0.1, -0.05) is 40.4 Å². The molecule has 2 amide bonds. The minimum absolute atomic E-state index is 0.0241. The number of benzene rings is 1. The van der Waals surface area contributed by atoms with Crippen LogP contribution in [-0.4, -0.2) is 34.7 Å². The summed E-state index contributed by atoms with van der Waals surface area (Å²) >= 11 is 4.54. The molecule has 2 aromatic rings. The Morgan fingerprint density at radius 3 is 2.68 bits per heavy atom. The first-order valence-electron chi connectivity index (χ1n) is 10.3. The van der Waals surface area contributed by atoms with E-state index in [9.17, 15) is 14.4 Å². The molecule has 0 spiro atoms. The molecule has 9 heteroatoms. The van der Waals surface area contributed by atoms with Crippen molar-refractivity contribution < 1.29 is 19.1 Å². The molecule has 1 aromatic heterocycles. The number of aryl methyl sites for hydroxylation is 1. The highest BCUT2D eigenvalue weighted by Gasteiger charge is 2.27. The third-order valence-electron chi connectivity index (χ3n) is 5.24. The summed E-state index contributed by atoms with van der Waals surface area (Å²) in [5.74, 6) is -0.795. The first-order chi connectivity index (χ1) is 14.9. The van der Waals surface area contributed by atoms with Gasteiger partial charge < -0.3 is 10.1 Å². The third kappa shape index (κ3) is 5.92. The van der Waals surface area contributed by atoms with Gasteiger partial charge in [-0.25, -0.2) is 9.78 Å². The number of amides is 2. The van der Waals surface area contributed by atoms with Crippen molar-refractivity contribution >= 4 is 55.9 Å². The van der Waals surface area contributed by atoms with Crippen LogP contribution in [0, 0.1) is 12.8 Å². The predicted molar refractivity (Wildman–Crippen MR) is 125 cm³/mol. The number of esters is 1. The number of rotatable bonds is 8. The fraction of sp³-hybridized carbons (Fsp3) is 0.455. The molecule has 1 unspecified atom stereocenters. The van der Waals surface area contributed by atoms with Crippen LogP contribution in [0.3, 0.4) is 0 Å². The quantitative estimate of drug-likeness (QED) is 0.279. The van der Waals surface area contributed by atoms with E-state index in [0.717, 1.165) is 31.2 Å². The van der Waals surface area contributed by atoms with Crippen LogP contribution in [0.1, 0.15) is 60.1 Å². The largest absolute Gasteiger partial charge is 0.465 e. The summed E-state index contributed by atoms with van der Waals surface area (Å²) in [4.78, 5) is 42.0. The third-order valence-corrected chi connectivity index (χ3v) is 6.66. The van der Waals surface area contributed by atoms with Gasteiger partial charge in [0.25, 0.3) is 0 Å². The number of alkyl halides is 1. The van der Waals surface area contributed by atoms with Gasteiger partial charge in [-0.2, -0.15) is 0 Å². The average molecular weight is 508 g/mol. The van der Waals surface area contributed by atoms with Crippen molar-refractivity contribution in [2.45, 2.75) is 45.4 Å². The van der Waals surface area contributed by atoms with Gasteiger partial charge >= 0.3 is 12.0 Å². The number of ketones is 1. The lowest BCUT2D eigenvalue weighted by Gasteiger charge is -2.14. The zero-order chi connectivity index (χ0) is 22.4. The van der Waals surface area contributed by atoms with Crippen LogP contribution >= 0.6 is 27.3 Å².